The number of rotatable bonds is 3. The average molecular weight is 336 g/mol. The van der Waals surface area contributed by atoms with Crippen LogP contribution in [0.4, 0.5) is 5.82 Å². The van der Waals surface area contributed by atoms with Crippen molar-refractivity contribution < 1.29 is 19.4 Å². The summed E-state index contributed by atoms with van der Waals surface area (Å²) in [5.74, 6) is 0.248. The third-order valence-electron chi connectivity index (χ3n) is 4.49. The number of nitrogens with two attached hydrogens (primary N) is 1. The van der Waals surface area contributed by atoms with Crippen LogP contribution in [-0.2, 0) is 22.7 Å². The molecule has 1 fully saturated rings. The third-order valence-corrected chi connectivity index (χ3v) is 5.85. The maximum atomic E-state index is 12.0. The molecule has 23 heavy (non-hydrogen) atoms. The van der Waals surface area contributed by atoms with Crippen LogP contribution < -0.4 is 15.7 Å². The summed E-state index contributed by atoms with van der Waals surface area (Å²) < 4.78 is 4.11. The van der Waals surface area contributed by atoms with Crippen molar-refractivity contribution in [2.45, 2.75) is 30.9 Å². The number of carbonyl (C=O) groups excluding carboxylic acids is 1. The summed E-state index contributed by atoms with van der Waals surface area (Å²) >= 11 is 1.53. The summed E-state index contributed by atoms with van der Waals surface area (Å²) in [5, 5.41) is 12.6. The standard InChI is InChI=1S/C14H17N5O3S/c15-10-12(20)19-11(14(21)22)8(7-23-13(10)19)6-17-5-2-9-16-3-1-4-18(9)17/h2,5,10,13H,1,3-4,6-7,15H2,(H,21,22)/p+1/t10-,13-/m1/s1. The van der Waals surface area contributed by atoms with Crippen molar-refractivity contribution in [1.29, 1.82) is 0 Å². The van der Waals surface area contributed by atoms with Gasteiger partial charge in [-0.2, -0.15) is 0 Å². The van der Waals surface area contributed by atoms with Gasteiger partial charge in [0.25, 0.3) is 0 Å². The van der Waals surface area contributed by atoms with E-state index in [1.807, 2.05) is 16.9 Å². The summed E-state index contributed by atoms with van der Waals surface area (Å²) in [7, 11) is 0. The second-order valence-electron chi connectivity index (χ2n) is 5.89. The van der Waals surface area contributed by atoms with Crippen LogP contribution in [0, 0.1) is 0 Å². The number of carboxylic acid groups (broad SMARTS) is 1. The Morgan fingerprint density at radius 2 is 2.39 bits per heavy atom. The van der Waals surface area contributed by atoms with E-state index in [1.165, 1.54) is 16.7 Å². The Morgan fingerprint density at radius 3 is 3.17 bits per heavy atom. The molecule has 3 aliphatic heterocycles. The van der Waals surface area contributed by atoms with Gasteiger partial charge >= 0.3 is 5.97 Å². The molecule has 3 aliphatic rings. The number of carboxylic acids is 1. The molecule has 0 unspecified atom stereocenters. The molecule has 1 aromatic rings. The first-order valence-electron chi connectivity index (χ1n) is 7.56. The lowest BCUT2D eigenvalue weighted by Crippen LogP contribution is -2.68. The molecule has 122 valence electrons. The van der Waals surface area contributed by atoms with Gasteiger partial charge in [0.2, 0.25) is 5.91 Å². The van der Waals surface area contributed by atoms with E-state index in [2.05, 4.69) is 10.00 Å². The van der Waals surface area contributed by atoms with Crippen LogP contribution in [0.3, 0.4) is 0 Å². The highest BCUT2D eigenvalue weighted by atomic mass is 32.2. The molecule has 4 rings (SSSR count). The maximum Gasteiger partial charge on any atom is 0.352 e. The average Bonchev–Trinajstić information content (AvgIpc) is 2.96. The van der Waals surface area contributed by atoms with Crippen molar-refractivity contribution in [2.24, 2.45) is 5.73 Å². The molecule has 4 heterocycles. The van der Waals surface area contributed by atoms with Gasteiger partial charge in [0, 0.05) is 17.9 Å². The van der Waals surface area contributed by atoms with Crippen LogP contribution in [0.2, 0.25) is 0 Å². The molecule has 0 aromatic carbocycles. The van der Waals surface area contributed by atoms with Gasteiger partial charge < -0.3 is 16.2 Å². The van der Waals surface area contributed by atoms with Crippen molar-refractivity contribution in [3.05, 3.63) is 23.5 Å². The molecule has 1 amide bonds. The minimum Gasteiger partial charge on any atom is -0.477 e. The zero-order chi connectivity index (χ0) is 16.1. The Morgan fingerprint density at radius 1 is 1.57 bits per heavy atom. The normalized spacial score (nSPS) is 26.3. The van der Waals surface area contributed by atoms with Crippen molar-refractivity contribution in [2.75, 3.05) is 17.6 Å². The molecule has 8 nitrogen and oxygen atoms in total. The van der Waals surface area contributed by atoms with Gasteiger partial charge in [0.05, 0.1) is 12.6 Å². The highest BCUT2D eigenvalue weighted by Crippen LogP contribution is 2.39. The van der Waals surface area contributed by atoms with E-state index in [1.54, 1.807) is 0 Å². The fraction of sp³-hybridized carbons (Fsp3) is 0.500. The number of nitrogens with one attached hydrogen (secondary N) is 1. The summed E-state index contributed by atoms with van der Waals surface area (Å²) in [5.41, 5.74) is 6.62. The number of aromatic nitrogens is 2. The number of aliphatic carboxylic acids is 1. The minimum absolute atomic E-state index is 0.104. The second-order valence-corrected chi connectivity index (χ2v) is 7.00. The van der Waals surface area contributed by atoms with E-state index in [4.69, 9.17) is 5.73 Å². The number of hydrogen-bond acceptors (Lipinski definition) is 5. The van der Waals surface area contributed by atoms with Gasteiger partial charge in [-0.1, -0.05) is 0 Å². The van der Waals surface area contributed by atoms with E-state index >= 15 is 0 Å². The summed E-state index contributed by atoms with van der Waals surface area (Å²) in [4.78, 5) is 25.0. The van der Waals surface area contributed by atoms with Gasteiger partial charge in [-0.15, -0.1) is 21.1 Å². The summed E-state index contributed by atoms with van der Waals surface area (Å²) in [6.45, 7) is 2.31. The summed E-state index contributed by atoms with van der Waals surface area (Å²) in [6.07, 6.45) is 2.98. The number of nitrogens with zero attached hydrogens (tertiary/aromatic N) is 3. The highest BCUT2D eigenvalue weighted by molar-refractivity contribution is 8.00. The van der Waals surface area contributed by atoms with Gasteiger partial charge in [0.15, 0.2) is 18.6 Å². The first-order valence-corrected chi connectivity index (χ1v) is 8.61. The molecular weight excluding hydrogens is 318 g/mol. The lowest BCUT2D eigenvalue weighted by molar-refractivity contribution is -0.768. The van der Waals surface area contributed by atoms with Gasteiger partial charge in [-0.05, 0) is 6.42 Å². The third kappa shape index (κ3) is 2.14. The SMILES string of the molecule is N[C@@H]1C(=O)N2C(C(=O)O)=C(C[n+]3ccc4n3CCCN4)CS[C@H]12. The molecule has 4 N–H and O–H groups in total. The van der Waals surface area contributed by atoms with Gasteiger partial charge in [0.1, 0.15) is 17.1 Å². The smallest absolute Gasteiger partial charge is 0.352 e. The lowest BCUT2D eigenvalue weighted by Gasteiger charge is -2.47. The first kappa shape index (κ1) is 14.6. The van der Waals surface area contributed by atoms with Crippen molar-refractivity contribution in [1.82, 2.24) is 9.58 Å². The number of hydrogen-bond donors (Lipinski definition) is 3. The van der Waals surface area contributed by atoms with E-state index in [9.17, 15) is 14.7 Å². The first-order chi connectivity index (χ1) is 11.1. The number of thioether (sulfide) groups is 1. The fourth-order valence-corrected chi connectivity index (χ4v) is 4.62. The van der Waals surface area contributed by atoms with Crippen LogP contribution in [0.15, 0.2) is 23.5 Å². The molecule has 9 heteroatoms. The van der Waals surface area contributed by atoms with Crippen LogP contribution in [0.1, 0.15) is 6.42 Å². The fourth-order valence-electron chi connectivity index (χ4n) is 3.34. The molecule has 0 spiro atoms. The summed E-state index contributed by atoms with van der Waals surface area (Å²) in [6, 6.07) is 1.40. The Kier molecular flexibility index (Phi) is 3.34. The topological polar surface area (TPSA) is 104 Å². The predicted molar refractivity (Wildman–Crippen MR) is 83.5 cm³/mol. The van der Waals surface area contributed by atoms with Crippen LogP contribution in [0.5, 0.6) is 0 Å². The molecule has 1 saturated heterocycles. The van der Waals surface area contributed by atoms with E-state index < -0.39 is 12.0 Å². The molecule has 2 atom stereocenters. The number of β-lactam (4-membered cyclic amide) rings is 1. The van der Waals surface area contributed by atoms with E-state index in [0.717, 1.165) is 30.9 Å². The van der Waals surface area contributed by atoms with Gasteiger partial charge in [-0.3, -0.25) is 9.69 Å². The van der Waals surface area contributed by atoms with Crippen LogP contribution in [-0.4, -0.2) is 50.3 Å². The second kappa shape index (κ2) is 5.27. The van der Waals surface area contributed by atoms with E-state index in [-0.39, 0.29) is 17.0 Å². The Bertz CT molecular complexity index is 728. The Labute approximate surface area is 136 Å². The molecule has 1 aromatic heterocycles. The Balaban J connectivity index is 1.68. The molecular formula is C14H18N5O3S+. The number of fused-ring (bicyclic) bond motifs is 2. The zero-order valence-corrected chi connectivity index (χ0v) is 13.3. The lowest BCUT2D eigenvalue weighted by atomic mass is 10.0. The quantitative estimate of drug-likeness (QED) is 0.492. The molecule has 0 bridgehead atoms. The highest BCUT2D eigenvalue weighted by Gasteiger charge is 2.52. The molecule has 0 radical (unpaired) electrons. The number of carbonyl (C=O) groups is 2. The number of anilines is 1. The van der Waals surface area contributed by atoms with Gasteiger partial charge in [-0.25, -0.2) is 4.79 Å². The largest absolute Gasteiger partial charge is 0.477 e. The zero-order valence-electron chi connectivity index (χ0n) is 12.4. The predicted octanol–water partition coefficient (Wildman–Crippen LogP) is -0.828. The van der Waals surface area contributed by atoms with E-state index in [0.29, 0.717) is 12.3 Å². The number of amides is 1. The van der Waals surface area contributed by atoms with Crippen molar-refractivity contribution >= 4 is 29.5 Å². The monoisotopic (exact) mass is 336 g/mol. The Hall–Kier alpha value is -2.00. The van der Waals surface area contributed by atoms with Crippen LogP contribution >= 0.6 is 11.8 Å². The van der Waals surface area contributed by atoms with Crippen molar-refractivity contribution in [3.63, 3.8) is 0 Å². The van der Waals surface area contributed by atoms with Crippen LogP contribution in [0.25, 0.3) is 0 Å². The minimum atomic E-state index is -1.06. The maximum absolute atomic E-state index is 12.0. The van der Waals surface area contributed by atoms with Crippen molar-refractivity contribution in [3.8, 4) is 0 Å². The molecule has 0 saturated carbocycles. The molecule has 0 aliphatic carbocycles.